The van der Waals surface area contributed by atoms with Crippen LogP contribution in [0.1, 0.15) is 46.7 Å². The van der Waals surface area contributed by atoms with E-state index in [0.29, 0.717) is 98.8 Å². The average molecular weight is 749 g/mol. The molecule has 284 valence electrons. The summed E-state index contributed by atoms with van der Waals surface area (Å²) in [4.78, 5) is 55.8. The summed E-state index contributed by atoms with van der Waals surface area (Å²) in [5.74, 6) is -1.04. The van der Waals surface area contributed by atoms with E-state index in [9.17, 15) is 14.4 Å². The maximum Gasteiger partial charge on any atom is 0.295 e. The number of pyridine rings is 1. The highest BCUT2D eigenvalue weighted by Gasteiger charge is 2.31. The molecule has 15 heteroatoms. The normalized spacial score (nSPS) is 13.5. The van der Waals surface area contributed by atoms with Crippen molar-refractivity contribution < 1.29 is 38.1 Å². The van der Waals surface area contributed by atoms with Gasteiger partial charge in [-0.25, -0.2) is 9.97 Å². The molecule has 0 radical (unpaired) electrons. The minimum atomic E-state index is -0.665. The predicted molar refractivity (Wildman–Crippen MR) is 202 cm³/mol. The zero-order valence-corrected chi connectivity index (χ0v) is 31.4. The molecule has 1 saturated heterocycles. The Morgan fingerprint density at radius 1 is 0.906 bits per heavy atom. The number of ketones is 1. The number of methoxy groups -OCH3 is 1. The molecule has 0 atom stereocenters. The van der Waals surface area contributed by atoms with E-state index in [1.54, 1.807) is 17.0 Å². The zero-order chi connectivity index (χ0) is 37.4. The van der Waals surface area contributed by atoms with Crippen molar-refractivity contribution in [1.82, 2.24) is 30.1 Å². The fraction of sp³-hybridized carbons (Fsp3) is 0.447. The molecule has 53 heavy (non-hydrogen) atoms. The molecule has 1 aliphatic heterocycles. The number of thiazole rings is 1. The van der Waals surface area contributed by atoms with Gasteiger partial charge in [-0.15, -0.1) is 11.3 Å². The highest BCUT2D eigenvalue weighted by Crippen LogP contribution is 2.36. The molecule has 2 N–H and O–H groups in total. The number of Topliss-reactive ketones (excluding diaryl/α,β-unsaturated/α-hetero) is 1. The number of carbonyl (C=O) groups is 3. The lowest BCUT2D eigenvalue weighted by atomic mass is 10.1. The number of ether oxygens (including phenoxy) is 5. The van der Waals surface area contributed by atoms with E-state index in [1.165, 1.54) is 35.7 Å². The number of hydrogen-bond acceptors (Lipinski definition) is 12. The molecule has 0 spiro atoms. The first-order chi connectivity index (χ1) is 26.0. The van der Waals surface area contributed by atoms with E-state index in [2.05, 4.69) is 22.2 Å². The summed E-state index contributed by atoms with van der Waals surface area (Å²) in [5, 5.41) is 6.40. The Bertz CT molecular complexity index is 1820. The minimum Gasteiger partial charge on any atom is -0.494 e. The van der Waals surface area contributed by atoms with Gasteiger partial charge in [-0.1, -0.05) is 31.2 Å². The van der Waals surface area contributed by atoms with Gasteiger partial charge >= 0.3 is 0 Å². The number of amides is 2. The number of aromatic amines is 1. The second-order valence-electron chi connectivity index (χ2n) is 12.0. The number of nitrogens with zero attached hydrogens (tertiary/aromatic N) is 4. The molecule has 0 aliphatic carbocycles. The van der Waals surface area contributed by atoms with Crippen LogP contribution in [0.2, 0.25) is 0 Å². The van der Waals surface area contributed by atoms with E-state index in [-0.39, 0.29) is 24.6 Å². The van der Waals surface area contributed by atoms with Crippen LogP contribution in [-0.2, 0) is 23.7 Å². The third kappa shape index (κ3) is 10.5. The van der Waals surface area contributed by atoms with Gasteiger partial charge in [0.05, 0.1) is 87.4 Å². The van der Waals surface area contributed by atoms with Crippen molar-refractivity contribution in [2.75, 3.05) is 92.7 Å². The topological polar surface area (TPSA) is 157 Å². The van der Waals surface area contributed by atoms with Gasteiger partial charge in [0, 0.05) is 56.5 Å². The van der Waals surface area contributed by atoms with Crippen LogP contribution in [0.4, 0.5) is 0 Å². The standard InChI is InChI=1S/C38H48N6O8S/c1-4-16-49-18-20-51-22-23-52-21-19-50-17-11-39-29(5-2)30-26-53-36(42-30)34-33-32(31(48-3)25-41-34)28(24-40-33)35(45)38(47)44-14-12-43(13-15-44)37(46)27-9-7-6-8-10-27/h5-10,24-26,39-40H,4,11-23H2,1-3H3/b29-5+. The average Bonchev–Trinajstić information content (AvgIpc) is 3.87. The molecular formula is C38H48N6O8S. The summed E-state index contributed by atoms with van der Waals surface area (Å²) < 4.78 is 27.7. The molecule has 1 aliphatic rings. The van der Waals surface area contributed by atoms with E-state index >= 15 is 0 Å². The number of nitrogens with one attached hydrogen (secondary N) is 2. The van der Waals surface area contributed by atoms with E-state index in [1.807, 2.05) is 36.6 Å². The molecular weight excluding hydrogens is 701 g/mol. The predicted octanol–water partition coefficient (Wildman–Crippen LogP) is 4.29. The molecule has 14 nitrogen and oxygen atoms in total. The van der Waals surface area contributed by atoms with Crippen LogP contribution in [0.3, 0.4) is 0 Å². The third-order valence-electron chi connectivity index (χ3n) is 8.51. The number of hydrogen-bond donors (Lipinski definition) is 2. The van der Waals surface area contributed by atoms with Gasteiger partial charge in [0.1, 0.15) is 16.5 Å². The van der Waals surface area contributed by atoms with Gasteiger partial charge in [0.25, 0.3) is 17.6 Å². The van der Waals surface area contributed by atoms with Gasteiger partial charge in [-0.2, -0.15) is 0 Å². The second-order valence-corrected chi connectivity index (χ2v) is 12.9. The van der Waals surface area contributed by atoms with Crippen LogP contribution >= 0.6 is 11.3 Å². The van der Waals surface area contributed by atoms with Crippen LogP contribution in [0.25, 0.3) is 27.3 Å². The van der Waals surface area contributed by atoms with Crippen LogP contribution in [0.15, 0.2) is 54.2 Å². The molecule has 5 rings (SSSR count). The summed E-state index contributed by atoms with van der Waals surface area (Å²) in [6.45, 7) is 10.2. The fourth-order valence-corrected chi connectivity index (χ4v) is 6.58. The highest BCUT2D eigenvalue weighted by molar-refractivity contribution is 7.13. The number of carbonyl (C=O) groups excluding carboxylic acids is 3. The molecule has 1 aromatic carbocycles. The molecule has 4 heterocycles. The Kier molecular flexibility index (Phi) is 15.3. The summed E-state index contributed by atoms with van der Waals surface area (Å²) in [7, 11) is 1.49. The van der Waals surface area contributed by atoms with Crippen LogP contribution in [0, 0.1) is 0 Å². The maximum atomic E-state index is 13.7. The van der Waals surface area contributed by atoms with Gasteiger partial charge in [0.15, 0.2) is 0 Å². The number of fused-ring (bicyclic) bond motifs is 1. The summed E-state index contributed by atoms with van der Waals surface area (Å²) in [6.07, 6.45) is 6.00. The van der Waals surface area contributed by atoms with Crippen molar-refractivity contribution in [3.8, 4) is 16.5 Å². The summed E-state index contributed by atoms with van der Waals surface area (Å²) in [5.41, 5.74) is 3.44. The van der Waals surface area contributed by atoms with Crippen molar-refractivity contribution in [2.45, 2.75) is 20.3 Å². The molecule has 4 aromatic rings. The monoisotopic (exact) mass is 748 g/mol. The summed E-state index contributed by atoms with van der Waals surface area (Å²) >= 11 is 1.41. The highest BCUT2D eigenvalue weighted by atomic mass is 32.1. The largest absolute Gasteiger partial charge is 0.494 e. The SMILES string of the molecule is C/C=C(/NCCOCCOCCOCCOCCC)c1csc(-c2ncc(OC)c3c(C(=O)C(=O)N4CCN(C(=O)c5ccccc5)CC4)c[nH]c23)n1. The van der Waals surface area contributed by atoms with E-state index in [4.69, 9.17) is 28.7 Å². The van der Waals surface area contributed by atoms with Crippen LogP contribution < -0.4 is 10.1 Å². The van der Waals surface area contributed by atoms with Crippen LogP contribution in [0.5, 0.6) is 5.75 Å². The number of rotatable bonds is 21. The Hall–Kier alpha value is -4.67. The first kappa shape index (κ1) is 39.5. The quantitative estimate of drug-likeness (QED) is 0.0712. The van der Waals surface area contributed by atoms with Gasteiger partial charge < -0.3 is 43.8 Å². The molecule has 2 amide bonds. The van der Waals surface area contributed by atoms with Gasteiger partial charge in [0.2, 0.25) is 0 Å². The van der Waals surface area contributed by atoms with E-state index < -0.39 is 11.7 Å². The maximum absolute atomic E-state index is 13.7. The van der Waals surface area contributed by atoms with Crippen molar-refractivity contribution in [3.05, 3.63) is 71.0 Å². The lowest BCUT2D eigenvalue weighted by molar-refractivity contribution is -0.127. The Labute approximate surface area is 313 Å². The van der Waals surface area contributed by atoms with E-state index in [0.717, 1.165) is 24.4 Å². The minimum absolute atomic E-state index is 0.0961. The first-order valence-corrected chi connectivity index (χ1v) is 18.7. The lowest BCUT2D eigenvalue weighted by Crippen LogP contribution is -2.52. The number of H-pyrrole nitrogens is 1. The smallest absolute Gasteiger partial charge is 0.295 e. The molecule has 1 fully saturated rings. The van der Waals surface area contributed by atoms with Crippen molar-refractivity contribution >= 4 is 45.5 Å². The van der Waals surface area contributed by atoms with Gasteiger partial charge in [-0.3, -0.25) is 14.4 Å². The zero-order valence-electron chi connectivity index (χ0n) is 30.6. The number of benzene rings is 1. The number of allylic oxidation sites excluding steroid dienone is 1. The summed E-state index contributed by atoms with van der Waals surface area (Å²) in [6, 6.07) is 9.02. The molecule has 0 saturated carbocycles. The Morgan fingerprint density at radius 2 is 1.55 bits per heavy atom. The second kappa shape index (κ2) is 20.5. The van der Waals surface area contributed by atoms with Crippen molar-refractivity contribution in [3.63, 3.8) is 0 Å². The fourth-order valence-electron chi connectivity index (χ4n) is 5.76. The van der Waals surface area contributed by atoms with Crippen LogP contribution in [-0.4, -0.2) is 135 Å². The molecule has 3 aromatic heterocycles. The number of aromatic nitrogens is 3. The van der Waals surface area contributed by atoms with Crippen molar-refractivity contribution in [2.24, 2.45) is 0 Å². The Morgan fingerprint density at radius 3 is 2.19 bits per heavy atom. The lowest BCUT2D eigenvalue weighted by Gasteiger charge is -2.34. The third-order valence-corrected chi connectivity index (χ3v) is 9.35. The van der Waals surface area contributed by atoms with Gasteiger partial charge in [-0.05, 0) is 25.5 Å². The Balaban J connectivity index is 1.13. The molecule has 0 unspecified atom stereocenters. The molecule has 0 bridgehead atoms. The van der Waals surface area contributed by atoms with Crippen molar-refractivity contribution in [1.29, 1.82) is 0 Å². The number of piperazine rings is 1. The first-order valence-electron chi connectivity index (χ1n) is 17.9.